The molecule has 10 heteroatoms. The highest BCUT2D eigenvalue weighted by molar-refractivity contribution is 9.07. The van der Waals surface area contributed by atoms with Gasteiger partial charge in [-0.05, 0) is 55.4 Å². The van der Waals surface area contributed by atoms with Crippen LogP contribution in [0.5, 0.6) is 0 Å². The van der Waals surface area contributed by atoms with Crippen molar-refractivity contribution in [2.24, 2.45) is 0 Å². The molecule has 2 rings (SSSR count). The Hall–Kier alpha value is -0.260. The largest absolute Gasteiger partial charge is 0.377 e. The fourth-order valence-electron chi connectivity index (χ4n) is 4.29. The molecule has 2 aliphatic rings. The summed E-state index contributed by atoms with van der Waals surface area (Å²) in [5.41, 5.74) is -2.03. The zero-order chi connectivity index (χ0) is 23.1. The Bertz CT molecular complexity index is 613. The van der Waals surface area contributed by atoms with Gasteiger partial charge in [0.1, 0.15) is 22.4 Å². The minimum Gasteiger partial charge on any atom is -0.377 e. The molecule has 174 valence electrons. The summed E-state index contributed by atoms with van der Waals surface area (Å²) < 4.78 is 15.2. The molecule has 0 radical (unpaired) electrons. The first kappa shape index (κ1) is 26.0. The number of halogens is 2. The minimum atomic E-state index is -0.591. The highest BCUT2D eigenvalue weighted by Gasteiger charge is 2.56. The van der Waals surface area contributed by atoms with Crippen LogP contribution in [0.1, 0.15) is 55.4 Å². The molecule has 8 nitrogen and oxygen atoms in total. The Kier molecular flexibility index (Phi) is 7.75. The second-order valence-corrected chi connectivity index (χ2v) is 11.2. The summed E-state index contributed by atoms with van der Waals surface area (Å²) >= 11 is 7.08. The Morgan fingerprint density at radius 1 is 0.633 bits per heavy atom. The number of hydrogen-bond acceptors (Lipinski definition) is 6. The molecule has 0 unspecified atom stereocenters. The molecule has 0 N–H and O–H groups in total. The molecule has 0 aromatic carbocycles. The highest BCUT2D eigenvalue weighted by Crippen LogP contribution is 2.41. The molecule has 0 aromatic heterocycles. The van der Waals surface area contributed by atoms with Gasteiger partial charge in [0.25, 0.3) is 0 Å². The van der Waals surface area contributed by atoms with Crippen molar-refractivity contribution in [1.29, 1.82) is 0 Å². The smallest absolute Gasteiger partial charge is 0.245 e. The molecule has 0 aromatic rings. The van der Waals surface area contributed by atoms with Crippen molar-refractivity contribution in [2.45, 2.75) is 77.8 Å². The fraction of sp³-hybridized carbons (Fsp3) is 0.900. The van der Waals surface area contributed by atoms with Gasteiger partial charge < -0.3 is 19.3 Å². The van der Waals surface area contributed by atoms with Crippen LogP contribution in [0.3, 0.4) is 0 Å². The number of ether oxygens (including phenoxy) is 2. The van der Waals surface area contributed by atoms with Crippen LogP contribution in [0.2, 0.25) is 0 Å². The summed E-state index contributed by atoms with van der Waals surface area (Å²) in [6.07, 6.45) is 0. The first-order valence-corrected chi connectivity index (χ1v) is 11.7. The van der Waals surface area contributed by atoms with Gasteiger partial charge in [0.05, 0.1) is 26.4 Å². The van der Waals surface area contributed by atoms with Crippen LogP contribution in [0.4, 0.5) is 0 Å². The third-order valence-corrected chi connectivity index (χ3v) is 9.60. The normalized spacial score (nSPS) is 25.5. The molecule has 2 fully saturated rings. The van der Waals surface area contributed by atoms with E-state index >= 15 is 0 Å². The second kappa shape index (κ2) is 8.94. The molecule has 0 bridgehead atoms. The summed E-state index contributed by atoms with van der Waals surface area (Å²) in [6.45, 7) is 18.5. The Morgan fingerprint density at radius 2 is 0.933 bits per heavy atom. The SMILES string of the molecule is CC1(C)C(=O)N(CCOCCOCCN2C(=O)C(C)(C)N(Br)C2(C)C)C(C)(C)N1Br. The van der Waals surface area contributed by atoms with Crippen LogP contribution >= 0.6 is 32.3 Å². The molecule has 0 atom stereocenters. The average Bonchev–Trinajstić information content (AvgIpc) is 2.84. The van der Waals surface area contributed by atoms with Gasteiger partial charge in [-0.15, -0.1) is 0 Å². The summed E-state index contributed by atoms with van der Waals surface area (Å²) in [5.74, 6) is 0.150. The van der Waals surface area contributed by atoms with Crippen LogP contribution in [-0.4, -0.2) is 91.4 Å². The van der Waals surface area contributed by atoms with Gasteiger partial charge in [-0.2, -0.15) is 0 Å². The molecule has 2 aliphatic heterocycles. The summed E-state index contributed by atoms with van der Waals surface area (Å²) in [7, 11) is 0. The summed E-state index contributed by atoms with van der Waals surface area (Å²) in [5, 5.41) is 0. The number of carbonyl (C=O) groups excluding carboxylic acids is 2. The van der Waals surface area contributed by atoms with E-state index in [9.17, 15) is 9.59 Å². The van der Waals surface area contributed by atoms with Gasteiger partial charge in [0.15, 0.2) is 0 Å². The van der Waals surface area contributed by atoms with E-state index in [4.69, 9.17) is 9.47 Å². The van der Waals surface area contributed by atoms with Crippen molar-refractivity contribution in [3.63, 3.8) is 0 Å². The quantitative estimate of drug-likeness (QED) is 0.322. The first-order valence-electron chi connectivity index (χ1n) is 10.3. The van der Waals surface area contributed by atoms with Crippen LogP contribution in [0.15, 0.2) is 0 Å². The molecule has 2 amide bonds. The highest BCUT2D eigenvalue weighted by atomic mass is 79.9. The molecular weight excluding hydrogens is 520 g/mol. The summed E-state index contributed by atoms with van der Waals surface area (Å²) in [4.78, 5) is 29.0. The van der Waals surface area contributed by atoms with E-state index in [0.717, 1.165) is 0 Å². The van der Waals surface area contributed by atoms with Crippen molar-refractivity contribution in [3.8, 4) is 0 Å². The van der Waals surface area contributed by atoms with Crippen molar-refractivity contribution >= 4 is 44.1 Å². The Labute approximate surface area is 197 Å². The predicted molar refractivity (Wildman–Crippen MR) is 123 cm³/mol. The molecule has 2 saturated heterocycles. The molecular formula is C20H36Br2N4O4. The maximum absolute atomic E-state index is 12.7. The molecule has 2 heterocycles. The third kappa shape index (κ3) is 4.45. The van der Waals surface area contributed by atoms with E-state index in [0.29, 0.717) is 39.5 Å². The van der Waals surface area contributed by atoms with Gasteiger partial charge in [-0.3, -0.25) is 9.59 Å². The van der Waals surface area contributed by atoms with Gasteiger partial charge in [0.2, 0.25) is 11.8 Å². The predicted octanol–water partition coefficient (Wildman–Crippen LogP) is 2.96. The van der Waals surface area contributed by atoms with Crippen molar-refractivity contribution in [3.05, 3.63) is 0 Å². The lowest BCUT2D eigenvalue weighted by Crippen LogP contribution is -2.47. The van der Waals surface area contributed by atoms with Crippen LogP contribution in [0, 0.1) is 0 Å². The average molecular weight is 556 g/mol. The zero-order valence-corrected chi connectivity index (χ0v) is 22.6. The van der Waals surface area contributed by atoms with E-state index in [1.807, 2.05) is 73.0 Å². The molecule has 30 heavy (non-hydrogen) atoms. The van der Waals surface area contributed by atoms with Gasteiger partial charge in [-0.25, -0.2) is 7.85 Å². The van der Waals surface area contributed by atoms with Crippen molar-refractivity contribution < 1.29 is 19.1 Å². The lowest BCUT2D eigenvalue weighted by atomic mass is 10.1. The Balaban J connectivity index is 1.68. The number of rotatable bonds is 9. The van der Waals surface area contributed by atoms with Crippen molar-refractivity contribution in [2.75, 3.05) is 39.5 Å². The Morgan fingerprint density at radius 3 is 1.17 bits per heavy atom. The number of nitrogens with zero attached hydrogens (tertiary/aromatic N) is 4. The number of carbonyl (C=O) groups is 2. The lowest BCUT2D eigenvalue weighted by Gasteiger charge is -2.35. The first-order chi connectivity index (χ1) is 13.6. The van der Waals surface area contributed by atoms with Gasteiger partial charge in [0, 0.05) is 45.4 Å². The standard InChI is InChI=1S/C20H36Br2N4O4/c1-17(2)15(27)23(19(5,6)25(17)21)9-11-29-13-14-30-12-10-24-16(28)18(3,4)26(22)20(24,7)8/h9-14H2,1-8H3. The van der Waals surface area contributed by atoms with Gasteiger partial charge in [-0.1, -0.05) is 0 Å². The zero-order valence-electron chi connectivity index (χ0n) is 19.4. The lowest BCUT2D eigenvalue weighted by molar-refractivity contribution is -0.135. The fourth-order valence-corrected chi connectivity index (χ4v) is 4.98. The monoisotopic (exact) mass is 554 g/mol. The topological polar surface area (TPSA) is 65.6 Å². The summed E-state index contributed by atoms with van der Waals surface area (Å²) in [6, 6.07) is 0. The van der Waals surface area contributed by atoms with E-state index in [1.165, 1.54) is 0 Å². The molecule has 0 saturated carbocycles. The second-order valence-electron chi connectivity index (χ2n) is 9.81. The molecule has 0 aliphatic carbocycles. The van der Waals surface area contributed by atoms with Crippen LogP contribution in [0.25, 0.3) is 0 Å². The van der Waals surface area contributed by atoms with Crippen molar-refractivity contribution in [1.82, 2.24) is 17.7 Å². The van der Waals surface area contributed by atoms with E-state index in [-0.39, 0.29) is 11.8 Å². The number of amides is 2. The third-order valence-electron chi connectivity index (χ3n) is 6.09. The van der Waals surface area contributed by atoms with Gasteiger partial charge >= 0.3 is 0 Å². The van der Waals surface area contributed by atoms with E-state index in [2.05, 4.69) is 32.3 Å². The van der Waals surface area contributed by atoms with E-state index < -0.39 is 22.4 Å². The van der Waals surface area contributed by atoms with Crippen LogP contribution < -0.4 is 0 Å². The maximum atomic E-state index is 12.7. The van der Waals surface area contributed by atoms with E-state index in [1.54, 1.807) is 0 Å². The minimum absolute atomic E-state index is 0.0749. The number of hydrogen-bond donors (Lipinski definition) is 0. The maximum Gasteiger partial charge on any atom is 0.245 e. The van der Waals surface area contributed by atoms with Crippen LogP contribution in [-0.2, 0) is 19.1 Å². The molecule has 0 spiro atoms.